The van der Waals surface area contributed by atoms with Crippen LogP contribution in [0.1, 0.15) is 40.5 Å². The number of rotatable bonds is 9. The van der Waals surface area contributed by atoms with Gasteiger partial charge in [0.25, 0.3) is 0 Å². The van der Waals surface area contributed by atoms with Crippen molar-refractivity contribution in [3.05, 3.63) is 0 Å². The molecular formula is C13H28N2O3. The zero-order valence-corrected chi connectivity index (χ0v) is 12.1. The van der Waals surface area contributed by atoms with E-state index in [9.17, 15) is 4.79 Å². The molecule has 0 unspecified atom stereocenters. The van der Waals surface area contributed by atoms with E-state index in [0.717, 1.165) is 13.0 Å². The zero-order valence-electron chi connectivity index (χ0n) is 12.1. The standard InChI is InChI=1S/C13H28N2O3/c1-11(2)5-9-18-13(3,4)6-10-17-12(16)15-8-7-14/h11H,5-10,14H2,1-4H3,(H,15,16). The number of ether oxygens (including phenoxy) is 2. The third-order valence-electron chi connectivity index (χ3n) is 2.54. The van der Waals surface area contributed by atoms with Crippen molar-refractivity contribution in [2.45, 2.75) is 46.1 Å². The summed E-state index contributed by atoms with van der Waals surface area (Å²) in [6.45, 7) is 10.3. The number of nitrogens with two attached hydrogens (primary N) is 1. The second-order valence-corrected chi connectivity index (χ2v) is 5.39. The van der Waals surface area contributed by atoms with Crippen molar-refractivity contribution >= 4 is 6.09 Å². The van der Waals surface area contributed by atoms with E-state index in [2.05, 4.69) is 19.2 Å². The molecule has 0 saturated heterocycles. The van der Waals surface area contributed by atoms with Gasteiger partial charge in [0.1, 0.15) is 0 Å². The second kappa shape index (κ2) is 9.16. The number of hydrogen-bond donors (Lipinski definition) is 2. The summed E-state index contributed by atoms with van der Waals surface area (Å²) in [4.78, 5) is 11.2. The maximum atomic E-state index is 11.2. The van der Waals surface area contributed by atoms with Crippen LogP contribution in [0.15, 0.2) is 0 Å². The van der Waals surface area contributed by atoms with Gasteiger partial charge in [-0.15, -0.1) is 0 Å². The van der Waals surface area contributed by atoms with Gasteiger partial charge in [-0.25, -0.2) is 4.79 Å². The minimum absolute atomic E-state index is 0.261. The maximum absolute atomic E-state index is 11.2. The van der Waals surface area contributed by atoms with Crippen LogP contribution in [-0.2, 0) is 9.47 Å². The molecule has 0 spiro atoms. The molecule has 0 saturated carbocycles. The van der Waals surface area contributed by atoms with E-state index in [0.29, 0.717) is 32.0 Å². The summed E-state index contributed by atoms with van der Waals surface area (Å²) < 4.78 is 10.8. The fraction of sp³-hybridized carbons (Fsp3) is 0.923. The van der Waals surface area contributed by atoms with Crippen LogP contribution in [0.25, 0.3) is 0 Å². The lowest BCUT2D eigenvalue weighted by molar-refractivity contribution is -0.0376. The van der Waals surface area contributed by atoms with E-state index >= 15 is 0 Å². The monoisotopic (exact) mass is 260 g/mol. The first-order valence-corrected chi connectivity index (χ1v) is 6.62. The number of alkyl carbamates (subject to hydrolysis) is 1. The number of carbonyl (C=O) groups excluding carboxylic acids is 1. The van der Waals surface area contributed by atoms with Crippen molar-refractivity contribution in [3.63, 3.8) is 0 Å². The highest BCUT2D eigenvalue weighted by atomic mass is 16.6. The summed E-state index contributed by atoms with van der Waals surface area (Å²) >= 11 is 0. The number of carbonyl (C=O) groups is 1. The van der Waals surface area contributed by atoms with E-state index < -0.39 is 6.09 Å². The Morgan fingerprint density at radius 3 is 2.56 bits per heavy atom. The van der Waals surface area contributed by atoms with Crippen LogP contribution in [0.5, 0.6) is 0 Å². The molecule has 5 heteroatoms. The highest BCUT2D eigenvalue weighted by Gasteiger charge is 2.19. The molecule has 0 aliphatic carbocycles. The topological polar surface area (TPSA) is 73.6 Å². The molecule has 0 atom stereocenters. The van der Waals surface area contributed by atoms with E-state index in [1.165, 1.54) is 0 Å². The Balaban J connectivity index is 3.65. The van der Waals surface area contributed by atoms with Gasteiger partial charge in [-0.1, -0.05) is 13.8 Å². The minimum atomic E-state index is -0.418. The molecule has 0 aliphatic heterocycles. The average Bonchev–Trinajstić information content (AvgIpc) is 2.25. The Morgan fingerprint density at radius 1 is 1.33 bits per heavy atom. The average molecular weight is 260 g/mol. The Hall–Kier alpha value is -0.810. The molecule has 0 aliphatic rings. The van der Waals surface area contributed by atoms with Gasteiger partial charge in [-0.3, -0.25) is 0 Å². The molecule has 0 aromatic rings. The lowest BCUT2D eigenvalue weighted by atomic mass is 10.1. The highest BCUT2D eigenvalue weighted by Crippen LogP contribution is 2.15. The smallest absolute Gasteiger partial charge is 0.407 e. The zero-order chi connectivity index (χ0) is 14.0. The van der Waals surface area contributed by atoms with Crippen molar-refractivity contribution in [1.29, 1.82) is 0 Å². The Kier molecular flexibility index (Phi) is 8.75. The van der Waals surface area contributed by atoms with Crippen LogP contribution >= 0.6 is 0 Å². The molecular weight excluding hydrogens is 232 g/mol. The lowest BCUT2D eigenvalue weighted by Crippen LogP contribution is -2.32. The number of hydrogen-bond acceptors (Lipinski definition) is 4. The first-order chi connectivity index (χ1) is 8.37. The molecule has 5 nitrogen and oxygen atoms in total. The van der Waals surface area contributed by atoms with Crippen LogP contribution in [0.4, 0.5) is 4.79 Å². The van der Waals surface area contributed by atoms with Crippen molar-refractivity contribution in [1.82, 2.24) is 5.32 Å². The highest BCUT2D eigenvalue weighted by molar-refractivity contribution is 5.67. The van der Waals surface area contributed by atoms with E-state index in [1.54, 1.807) is 0 Å². The van der Waals surface area contributed by atoms with E-state index in [-0.39, 0.29) is 5.60 Å². The third-order valence-corrected chi connectivity index (χ3v) is 2.54. The largest absolute Gasteiger partial charge is 0.449 e. The maximum Gasteiger partial charge on any atom is 0.407 e. The first-order valence-electron chi connectivity index (χ1n) is 6.62. The van der Waals surface area contributed by atoms with Gasteiger partial charge in [-0.2, -0.15) is 0 Å². The lowest BCUT2D eigenvalue weighted by Gasteiger charge is -2.25. The van der Waals surface area contributed by atoms with E-state index in [1.807, 2.05) is 13.8 Å². The first kappa shape index (κ1) is 17.2. The van der Waals surface area contributed by atoms with Gasteiger partial charge in [0.15, 0.2) is 0 Å². The van der Waals surface area contributed by atoms with Crippen LogP contribution in [0.3, 0.4) is 0 Å². The van der Waals surface area contributed by atoms with Crippen LogP contribution in [0, 0.1) is 5.92 Å². The molecule has 0 radical (unpaired) electrons. The summed E-state index contributed by atoms with van der Waals surface area (Å²) in [5.41, 5.74) is 5.00. The predicted octanol–water partition coefficient (Wildman–Crippen LogP) is 1.90. The normalized spacial score (nSPS) is 11.7. The Morgan fingerprint density at radius 2 is 2.00 bits per heavy atom. The quantitative estimate of drug-likeness (QED) is 0.664. The van der Waals surface area contributed by atoms with Gasteiger partial charge >= 0.3 is 6.09 Å². The molecule has 18 heavy (non-hydrogen) atoms. The van der Waals surface area contributed by atoms with Crippen molar-refractivity contribution in [2.24, 2.45) is 11.7 Å². The SMILES string of the molecule is CC(C)CCOC(C)(C)CCOC(=O)NCCN. The molecule has 0 rings (SSSR count). The summed E-state index contributed by atoms with van der Waals surface area (Å²) in [7, 11) is 0. The molecule has 0 fully saturated rings. The van der Waals surface area contributed by atoms with Gasteiger partial charge in [0.2, 0.25) is 0 Å². The van der Waals surface area contributed by atoms with Crippen molar-refractivity contribution in [3.8, 4) is 0 Å². The molecule has 0 aromatic carbocycles. The Bertz CT molecular complexity index is 230. The van der Waals surface area contributed by atoms with Gasteiger partial charge in [0, 0.05) is 26.1 Å². The van der Waals surface area contributed by atoms with Crippen molar-refractivity contribution in [2.75, 3.05) is 26.3 Å². The number of nitrogens with one attached hydrogen (secondary N) is 1. The summed E-state index contributed by atoms with van der Waals surface area (Å²) in [6.07, 6.45) is 1.31. The fourth-order valence-corrected chi connectivity index (χ4v) is 1.26. The van der Waals surface area contributed by atoms with Crippen LogP contribution < -0.4 is 11.1 Å². The van der Waals surface area contributed by atoms with Gasteiger partial charge in [0.05, 0.1) is 12.2 Å². The van der Waals surface area contributed by atoms with E-state index in [4.69, 9.17) is 15.2 Å². The molecule has 0 aromatic heterocycles. The Labute approximate surface area is 110 Å². The molecule has 3 N–H and O–H groups in total. The summed E-state index contributed by atoms with van der Waals surface area (Å²) in [6, 6.07) is 0. The molecule has 0 heterocycles. The molecule has 108 valence electrons. The van der Waals surface area contributed by atoms with Crippen LogP contribution in [0.2, 0.25) is 0 Å². The fourth-order valence-electron chi connectivity index (χ4n) is 1.26. The van der Waals surface area contributed by atoms with Crippen LogP contribution in [-0.4, -0.2) is 38.0 Å². The predicted molar refractivity (Wildman–Crippen MR) is 72.5 cm³/mol. The molecule has 0 bridgehead atoms. The minimum Gasteiger partial charge on any atom is -0.449 e. The summed E-state index contributed by atoms with van der Waals surface area (Å²) in [5, 5.41) is 2.55. The third kappa shape index (κ3) is 10.4. The van der Waals surface area contributed by atoms with Gasteiger partial charge in [-0.05, 0) is 26.2 Å². The van der Waals surface area contributed by atoms with Gasteiger partial charge < -0.3 is 20.5 Å². The molecule has 1 amide bonds. The summed E-state index contributed by atoms with van der Waals surface area (Å²) in [5.74, 6) is 0.638. The second-order valence-electron chi connectivity index (χ2n) is 5.39. The van der Waals surface area contributed by atoms with Crippen molar-refractivity contribution < 1.29 is 14.3 Å². The number of amides is 1.